The molecule has 4 nitrogen and oxygen atoms in total. The zero-order valence-electron chi connectivity index (χ0n) is 11.4. The van der Waals surface area contributed by atoms with Crippen molar-refractivity contribution in [1.82, 2.24) is 0 Å². The lowest BCUT2D eigenvalue weighted by molar-refractivity contribution is -0.105. The van der Waals surface area contributed by atoms with Crippen LogP contribution in [0.2, 0.25) is 0 Å². The molecule has 0 saturated carbocycles. The summed E-state index contributed by atoms with van der Waals surface area (Å²) in [5.41, 5.74) is -0.604. The van der Waals surface area contributed by atoms with Gasteiger partial charge in [-0.05, 0) is 18.2 Å². The maximum absolute atomic E-state index is 12.6. The van der Waals surface area contributed by atoms with Gasteiger partial charge in [0.1, 0.15) is 11.8 Å². The molecule has 0 heterocycles. The lowest BCUT2D eigenvalue weighted by Gasteiger charge is -2.14. The number of amidine groups is 1. The summed E-state index contributed by atoms with van der Waals surface area (Å²) in [7, 11) is -1.74. The molecule has 11 heteroatoms. The van der Waals surface area contributed by atoms with E-state index in [1.807, 2.05) is 5.32 Å². The van der Waals surface area contributed by atoms with Gasteiger partial charge in [0.05, 0.1) is 21.3 Å². The molecule has 0 spiro atoms. The number of hydrogen-bond donors (Lipinski definition) is 1. The second kappa shape index (κ2) is 6.99. The van der Waals surface area contributed by atoms with Gasteiger partial charge in [0, 0.05) is 12.7 Å². The van der Waals surface area contributed by atoms with Crippen molar-refractivity contribution in [3.63, 3.8) is 0 Å². The average molecular weight is 357 g/mol. The van der Waals surface area contributed by atoms with Gasteiger partial charge in [-0.1, -0.05) is 0 Å². The number of alkyl halides is 6. The Balaban J connectivity index is 3.19. The van der Waals surface area contributed by atoms with Crippen LogP contribution in [-0.2, 0) is 10.8 Å². The van der Waals surface area contributed by atoms with Gasteiger partial charge in [-0.25, -0.2) is 0 Å². The van der Waals surface area contributed by atoms with Crippen LogP contribution in [0.15, 0.2) is 28.1 Å². The number of benzene rings is 1. The maximum Gasteiger partial charge on any atom is 0.449 e. The maximum atomic E-state index is 12.6. The molecule has 1 N–H and O–H groups in total. The highest BCUT2D eigenvalue weighted by Crippen LogP contribution is 2.26. The quantitative estimate of drug-likeness (QED) is 0.513. The number of hydrogen-bond acceptors (Lipinski definition) is 3. The Bertz CT molecular complexity index is 675. The molecule has 0 fully saturated rings. The molecule has 0 aromatic heterocycles. The molecule has 0 bridgehead atoms. The minimum absolute atomic E-state index is 0.285. The standard InChI is InChI=1S/C12H9F6N3OS/c1-20-10(12(16,17)18)21-8-3-2-7(5-19)9(4-8)23(22)6-11(13,14)15/h2-4H,6H2,1H3,(H,20,21). The Hall–Kier alpha value is -2.09. The van der Waals surface area contributed by atoms with E-state index in [1.165, 1.54) is 0 Å². The van der Waals surface area contributed by atoms with E-state index < -0.39 is 39.6 Å². The molecule has 1 aromatic carbocycles. The van der Waals surface area contributed by atoms with Crippen molar-refractivity contribution in [3.05, 3.63) is 23.8 Å². The van der Waals surface area contributed by atoms with E-state index in [0.29, 0.717) is 0 Å². The molecule has 0 radical (unpaired) electrons. The van der Waals surface area contributed by atoms with Crippen molar-refractivity contribution in [2.45, 2.75) is 17.2 Å². The van der Waals surface area contributed by atoms with Crippen LogP contribution >= 0.6 is 0 Å². The fourth-order valence-corrected chi connectivity index (χ4v) is 2.57. The molecule has 0 amide bonds. The predicted molar refractivity (Wildman–Crippen MR) is 71.5 cm³/mol. The summed E-state index contributed by atoms with van der Waals surface area (Å²) >= 11 is 0. The third-order valence-electron chi connectivity index (χ3n) is 2.40. The Morgan fingerprint density at radius 2 is 1.91 bits per heavy atom. The zero-order chi connectivity index (χ0) is 17.8. The topological polar surface area (TPSA) is 65.2 Å². The van der Waals surface area contributed by atoms with E-state index in [0.717, 1.165) is 25.2 Å². The van der Waals surface area contributed by atoms with E-state index in [-0.39, 0.29) is 11.3 Å². The minimum atomic E-state index is -4.80. The lowest BCUT2D eigenvalue weighted by Crippen LogP contribution is -2.30. The molecule has 1 aromatic rings. The van der Waals surface area contributed by atoms with Crippen LogP contribution in [-0.4, -0.2) is 35.2 Å². The minimum Gasteiger partial charge on any atom is -0.336 e. The van der Waals surface area contributed by atoms with Crippen LogP contribution in [0.1, 0.15) is 5.56 Å². The van der Waals surface area contributed by atoms with Gasteiger partial charge in [0.15, 0.2) is 0 Å². The van der Waals surface area contributed by atoms with Crippen LogP contribution < -0.4 is 5.32 Å². The summed E-state index contributed by atoms with van der Waals surface area (Å²) in [5, 5.41) is 10.7. The molecule has 1 unspecified atom stereocenters. The van der Waals surface area contributed by atoms with Crippen LogP contribution in [0.4, 0.5) is 32.0 Å². The molecule has 0 aliphatic carbocycles. The highest BCUT2D eigenvalue weighted by atomic mass is 32.2. The fraction of sp³-hybridized carbons (Fsp3) is 0.333. The highest BCUT2D eigenvalue weighted by molar-refractivity contribution is 7.85. The van der Waals surface area contributed by atoms with Crippen molar-refractivity contribution < 1.29 is 30.6 Å². The van der Waals surface area contributed by atoms with Crippen LogP contribution in [0.25, 0.3) is 0 Å². The largest absolute Gasteiger partial charge is 0.449 e. The Morgan fingerprint density at radius 3 is 2.35 bits per heavy atom. The first-order valence-corrected chi connectivity index (χ1v) is 7.10. The van der Waals surface area contributed by atoms with E-state index in [1.54, 1.807) is 6.07 Å². The number of nitriles is 1. The second-order valence-corrected chi connectivity index (χ2v) is 5.54. The van der Waals surface area contributed by atoms with E-state index in [4.69, 9.17) is 5.26 Å². The van der Waals surface area contributed by atoms with Crippen molar-refractivity contribution in [2.75, 3.05) is 18.1 Å². The van der Waals surface area contributed by atoms with Crippen LogP contribution in [0, 0.1) is 11.3 Å². The van der Waals surface area contributed by atoms with Crippen molar-refractivity contribution in [3.8, 4) is 6.07 Å². The zero-order valence-corrected chi connectivity index (χ0v) is 12.2. The molecule has 126 valence electrons. The number of rotatable bonds is 3. The molecular weight excluding hydrogens is 348 g/mol. The summed E-state index contributed by atoms with van der Waals surface area (Å²) in [6, 6.07) is 4.38. The van der Waals surface area contributed by atoms with Crippen LogP contribution in [0.5, 0.6) is 0 Å². The number of halogens is 6. The summed E-state index contributed by atoms with van der Waals surface area (Å²) in [4.78, 5) is 2.48. The van der Waals surface area contributed by atoms with E-state index in [2.05, 4.69) is 4.99 Å². The first-order valence-electron chi connectivity index (χ1n) is 5.78. The molecule has 1 atom stereocenters. The Kier molecular flexibility index (Phi) is 5.76. The number of nitrogens with one attached hydrogen (secondary N) is 1. The van der Waals surface area contributed by atoms with E-state index >= 15 is 0 Å². The van der Waals surface area contributed by atoms with Gasteiger partial charge in [-0.15, -0.1) is 0 Å². The fourth-order valence-electron chi connectivity index (χ4n) is 1.50. The molecule has 23 heavy (non-hydrogen) atoms. The number of aliphatic imine (C=N–C) groups is 1. The van der Waals surface area contributed by atoms with Gasteiger partial charge >= 0.3 is 12.4 Å². The summed E-state index contributed by atoms with van der Waals surface area (Å²) in [5.74, 6) is -3.09. The summed E-state index contributed by atoms with van der Waals surface area (Å²) < 4.78 is 86.3. The normalized spacial score (nSPS) is 14.3. The monoisotopic (exact) mass is 357 g/mol. The lowest BCUT2D eigenvalue weighted by atomic mass is 10.2. The van der Waals surface area contributed by atoms with Gasteiger partial charge in [0.2, 0.25) is 5.84 Å². The molecule has 0 aliphatic heterocycles. The van der Waals surface area contributed by atoms with Gasteiger partial charge in [-0.3, -0.25) is 9.20 Å². The predicted octanol–water partition coefficient (Wildman–Crippen LogP) is 3.23. The van der Waals surface area contributed by atoms with Crippen LogP contribution in [0.3, 0.4) is 0 Å². The number of nitrogens with zero attached hydrogens (tertiary/aromatic N) is 2. The van der Waals surface area contributed by atoms with Crippen molar-refractivity contribution in [1.29, 1.82) is 5.26 Å². The molecule has 0 saturated heterocycles. The third-order valence-corrected chi connectivity index (χ3v) is 3.81. The summed E-state index contributed by atoms with van der Waals surface area (Å²) in [6.45, 7) is 0. The summed E-state index contributed by atoms with van der Waals surface area (Å²) in [6.07, 6.45) is -9.54. The Labute approximate surface area is 129 Å². The molecule has 0 aliphatic rings. The van der Waals surface area contributed by atoms with E-state index in [9.17, 15) is 30.6 Å². The van der Waals surface area contributed by atoms with Crippen molar-refractivity contribution >= 4 is 22.3 Å². The van der Waals surface area contributed by atoms with Gasteiger partial charge in [0.25, 0.3) is 0 Å². The average Bonchev–Trinajstić information content (AvgIpc) is 2.41. The highest BCUT2D eigenvalue weighted by Gasteiger charge is 2.36. The smallest absolute Gasteiger partial charge is 0.336 e. The third kappa shape index (κ3) is 5.55. The van der Waals surface area contributed by atoms with Gasteiger partial charge in [-0.2, -0.15) is 31.6 Å². The SMILES string of the molecule is CN=C(Nc1ccc(C#N)c(S(=O)CC(F)(F)F)c1)C(F)(F)F. The second-order valence-electron chi connectivity index (χ2n) is 4.12. The van der Waals surface area contributed by atoms with Crippen molar-refractivity contribution in [2.24, 2.45) is 4.99 Å². The van der Waals surface area contributed by atoms with Gasteiger partial charge < -0.3 is 5.32 Å². The number of anilines is 1. The first-order chi connectivity index (χ1) is 10.5. The first kappa shape index (κ1) is 19.0. The molecular formula is C12H9F6N3OS. The molecule has 1 rings (SSSR count). The Morgan fingerprint density at radius 1 is 1.30 bits per heavy atom.